The quantitative estimate of drug-likeness (QED) is 0.411. The normalized spacial score (nSPS) is 15.4. The van der Waals surface area contributed by atoms with Gasteiger partial charge in [-0.1, -0.05) is 33.1 Å². The van der Waals surface area contributed by atoms with Gasteiger partial charge in [-0.15, -0.1) is 0 Å². The second-order valence-corrected chi connectivity index (χ2v) is 11.4. The van der Waals surface area contributed by atoms with Crippen molar-refractivity contribution in [1.82, 2.24) is 24.5 Å². The maximum absolute atomic E-state index is 12.9. The highest BCUT2D eigenvalue weighted by molar-refractivity contribution is 7.89. The highest BCUT2D eigenvalue weighted by atomic mass is 32.2. The molecule has 0 bridgehead atoms. The molecule has 2 N–H and O–H groups in total. The molecule has 2 aromatic rings. The fraction of sp³-hybridized carbons (Fsp3) is 0.615. The number of esters is 1. The summed E-state index contributed by atoms with van der Waals surface area (Å²) in [5, 5.41) is 5.03. The van der Waals surface area contributed by atoms with Crippen molar-refractivity contribution in [3.8, 4) is 0 Å². The van der Waals surface area contributed by atoms with E-state index in [4.69, 9.17) is 4.74 Å². The fourth-order valence-electron chi connectivity index (χ4n) is 4.78. The zero-order chi connectivity index (χ0) is 27.9. The van der Waals surface area contributed by atoms with Crippen LogP contribution in [0.1, 0.15) is 72.0 Å². The molecule has 0 radical (unpaired) electrons. The molecule has 1 aliphatic carbocycles. The molecule has 11 nitrogen and oxygen atoms in total. The van der Waals surface area contributed by atoms with Gasteiger partial charge in [-0.2, -0.15) is 4.31 Å². The van der Waals surface area contributed by atoms with Crippen LogP contribution in [0.25, 0.3) is 11.0 Å². The first-order valence-electron chi connectivity index (χ1n) is 13.4. The molecule has 1 fully saturated rings. The maximum Gasteiger partial charge on any atom is 0.321 e. The molecule has 1 atom stereocenters. The Kier molecular flexibility index (Phi) is 10.3. The van der Waals surface area contributed by atoms with Crippen LogP contribution in [-0.2, 0) is 37.3 Å². The lowest BCUT2D eigenvalue weighted by Gasteiger charge is -2.23. The van der Waals surface area contributed by atoms with Gasteiger partial charge in [-0.05, 0) is 44.9 Å². The minimum absolute atomic E-state index is 0.0280. The maximum atomic E-state index is 12.9. The van der Waals surface area contributed by atoms with Gasteiger partial charge in [-0.25, -0.2) is 18.2 Å². The molecule has 1 aromatic carbocycles. The van der Waals surface area contributed by atoms with E-state index < -0.39 is 34.0 Å². The number of imide groups is 1. The second kappa shape index (κ2) is 13.2. The molecule has 38 heavy (non-hydrogen) atoms. The molecule has 1 heterocycles. The summed E-state index contributed by atoms with van der Waals surface area (Å²) in [4.78, 5) is 41.6. The summed E-state index contributed by atoms with van der Waals surface area (Å²) in [5.41, 5.74) is 1.30. The SMILES string of the molecule is CCN(CC)S(=O)(=O)c1ccc2c(c1)nc(CCC(=O)OC(C)C(=O)NC(=O)NC1CCCCC1)n2CC. The molecule has 1 aromatic heterocycles. The van der Waals surface area contributed by atoms with Crippen LogP contribution >= 0.6 is 0 Å². The van der Waals surface area contributed by atoms with E-state index in [0.717, 1.165) is 37.6 Å². The lowest BCUT2D eigenvalue weighted by Crippen LogP contribution is -2.48. The number of fused-ring (bicyclic) bond motifs is 1. The van der Waals surface area contributed by atoms with Crippen molar-refractivity contribution in [3.05, 3.63) is 24.0 Å². The van der Waals surface area contributed by atoms with Crippen LogP contribution in [-0.4, -0.2) is 65.4 Å². The molecular weight excluding hydrogens is 510 g/mol. The number of aryl methyl sites for hydroxylation is 2. The molecule has 1 saturated carbocycles. The van der Waals surface area contributed by atoms with Gasteiger partial charge in [0.25, 0.3) is 5.91 Å². The van der Waals surface area contributed by atoms with E-state index in [2.05, 4.69) is 15.6 Å². The summed E-state index contributed by atoms with van der Waals surface area (Å²) in [6.07, 6.45) is 4.13. The summed E-state index contributed by atoms with van der Waals surface area (Å²) in [6, 6.07) is 4.34. The number of nitrogens with zero attached hydrogens (tertiary/aromatic N) is 3. The third-order valence-corrected chi connectivity index (χ3v) is 8.91. The van der Waals surface area contributed by atoms with Gasteiger partial charge in [-0.3, -0.25) is 14.9 Å². The van der Waals surface area contributed by atoms with Crippen LogP contribution in [0.5, 0.6) is 0 Å². The number of carbonyl (C=O) groups is 3. The lowest BCUT2D eigenvalue weighted by molar-refractivity contribution is -0.154. The molecular formula is C26H39N5O6S. The molecule has 1 unspecified atom stereocenters. The molecule has 1 aliphatic rings. The van der Waals surface area contributed by atoms with Gasteiger partial charge in [0.1, 0.15) is 5.82 Å². The number of urea groups is 1. The van der Waals surface area contributed by atoms with Crippen molar-refractivity contribution in [1.29, 1.82) is 0 Å². The van der Waals surface area contributed by atoms with Gasteiger partial charge in [0.05, 0.1) is 22.3 Å². The van der Waals surface area contributed by atoms with E-state index in [1.807, 2.05) is 11.5 Å². The third-order valence-electron chi connectivity index (χ3n) is 6.87. The number of hydrogen-bond donors (Lipinski definition) is 2. The van der Waals surface area contributed by atoms with Gasteiger partial charge in [0.2, 0.25) is 10.0 Å². The monoisotopic (exact) mass is 549 g/mol. The number of carbonyl (C=O) groups excluding carboxylic acids is 3. The Morgan fingerprint density at radius 2 is 1.82 bits per heavy atom. The zero-order valence-electron chi connectivity index (χ0n) is 22.7. The first-order chi connectivity index (χ1) is 18.1. The van der Waals surface area contributed by atoms with Crippen molar-refractivity contribution in [2.45, 2.75) is 96.2 Å². The number of ether oxygens (including phenoxy) is 1. The highest BCUT2D eigenvalue weighted by Crippen LogP contribution is 2.24. The van der Waals surface area contributed by atoms with Gasteiger partial charge >= 0.3 is 12.0 Å². The second-order valence-electron chi connectivity index (χ2n) is 9.44. The lowest BCUT2D eigenvalue weighted by atomic mass is 9.96. The summed E-state index contributed by atoms with van der Waals surface area (Å²) in [7, 11) is -3.62. The van der Waals surface area contributed by atoms with E-state index in [9.17, 15) is 22.8 Å². The van der Waals surface area contributed by atoms with Crippen LogP contribution < -0.4 is 10.6 Å². The number of nitrogens with one attached hydrogen (secondary N) is 2. The van der Waals surface area contributed by atoms with Crippen LogP contribution in [0.15, 0.2) is 23.1 Å². The number of hydrogen-bond acceptors (Lipinski definition) is 7. The van der Waals surface area contributed by atoms with E-state index >= 15 is 0 Å². The first-order valence-corrected chi connectivity index (χ1v) is 14.8. The Morgan fingerprint density at radius 1 is 1.13 bits per heavy atom. The first kappa shape index (κ1) is 29.6. The summed E-state index contributed by atoms with van der Waals surface area (Å²) in [6.45, 7) is 8.26. The minimum Gasteiger partial charge on any atom is -0.453 e. The smallest absolute Gasteiger partial charge is 0.321 e. The van der Waals surface area contributed by atoms with Crippen molar-refractivity contribution < 1.29 is 27.5 Å². The average molecular weight is 550 g/mol. The van der Waals surface area contributed by atoms with Crippen molar-refractivity contribution in [3.63, 3.8) is 0 Å². The Hall–Kier alpha value is -2.99. The van der Waals surface area contributed by atoms with Gasteiger partial charge in [0, 0.05) is 32.1 Å². The van der Waals surface area contributed by atoms with E-state index in [1.54, 1.807) is 32.0 Å². The Morgan fingerprint density at radius 3 is 2.45 bits per heavy atom. The topological polar surface area (TPSA) is 140 Å². The summed E-state index contributed by atoms with van der Waals surface area (Å²) in [5.74, 6) is -0.671. The average Bonchev–Trinajstić information content (AvgIpc) is 3.25. The van der Waals surface area contributed by atoms with E-state index in [1.165, 1.54) is 11.2 Å². The Labute approximate surface area is 224 Å². The number of benzene rings is 1. The zero-order valence-corrected chi connectivity index (χ0v) is 23.5. The van der Waals surface area contributed by atoms with Crippen LogP contribution in [0.2, 0.25) is 0 Å². The largest absolute Gasteiger partial charge is 0.453 e. The van der Waals surface area contributed by atoms with Crippen LogP contribution in [0.4, 0.5) is 4.79 Å². The molecule has 0 spiro atoms. The number of sulfonamides is 1. The van der Waals surface area contributed by atoms with E-state index in [-0.39, 0.29) is 23.8 Å². The molecule has 0 saturated heterocycles. The van der Waals surface area contributed by atoms with Crippen molar-refractivity contribution >= 4 is 39.0 Å². The summed E-state index contributed by atoms with van der Waals surface area (Å²) >= 11 is 0. The molecule has 0 aliphatic heterocycles. The van der Waals surface area contributed by atoms with Gasteiger partial charge < -0.3 is 14.6 Å². The standard InChI is InChI=1S/C26H39N5O6S/c1-5-30(6-2)38(35,36)20-13-14-22-21(17-20)28-23(31(22)7-3)15-16-24(32)37-18(4)25(33)29-26(34)27-19-11-9-8-10-12-19/h13-14,17-19H,5-12,15-16H2,1-4H3,(H2,27,29,33,34). The third kappa shape index (κ3) is 7.10. The number of imidazole rings is 1. The van der Waals surface area contributed by atoms with Crippen molar-refractivity contribution in [2.24, 2.45) is 0 Å². The molecule has 3 amide bonds. The predicted octanol–water partition coefficient (Wildman–Crippen LogP) is 3.11. The van der Waals surface area contributed by atoms with Crippen molar-refractivity contribution in [2.75, 3.05) is 13.1 Å². The summed E-state index contributed by atoms with van der Waals surface area (Å²) < 4.78 is 34.4. The van der Waals surface area contributed by atoms with Gasteiger partial charge in [0.15, 0.2) is 6.10 Å². The molecule has 12 heteroatoms. The highest BCUT2D eigenvalue weighted by Gasteiger charge is 2.24. The molecule has 210 valence electrons. The van der Waals surface area contributed by atoms with Crippen LogP contribution in [0, 0.1) is 0 Å². The Bertz CT molecular complexity index is 1250. The minimum atomic E-state index is -3.62. The number of aromatic nitrogens is 2. The Balaban J connectivity index is 1.59. The number of amides is 3. The van der Waals surface area contributed by atoms with E-state index in [0.29, 0.717) is 31.0 Å². The molecule has 3 rings (SSSR count). The fourth-order valence-corrected chi connectivity index (χ4v) is 6.26. The van der Waals surface area contributed by atoms with Crippen LogP contribution in [0.3, 0.4) is 0 Å². The number of rotatable bonds is 11. The predicted molar refractivity (Wildman–Crippen MR) is 143 cm³/mol.